The van der Waals surface area contributed by atoms with Crippen LogP contribution in [-0.2, 0) is 9.53 Å². The highest BCUT2D eigenvalue weighted by atomic mass is 16.5. The van der Waals surface area contributed by atoms with Crippen LogP contribution in [0.5, 0.6) is 0 Å². The summed E-state index contributed by atoms with van der Waals surface area (Å²) in [5.74, 6) is 0.933. The number of hydrogen-bond donors (Lipinski definition) is 1. The lowest BCUT2D eigenvalue weighted by Gasteiger charge is -2.44. The van der Waals surface area contributed by atoms with Crippen LogP contribution < -0.4 is 5.32 Å². The van der Waals surface area contributed by atoms with Crippen LogP contribution in [-0.4, -0.2) is 49.2 Å². The molecule has 3 atom stereocenters. The van der Waals surface area contributed by atoms with Gasteiger partial charge in [0.1, 0.15) is 0 Å². The van der Waals surface area contributed by atoms with Crippen molar-refractivity contribution in [3.05, 3.63) is 0 Å². The Labute approximate surface area is 96.3 Å². The van der Waals surface area contributed by atoms with Crippen LogP contribution in [0.15, 0.2) is 0 Å². The standard InChI is InChI=1S/C12H20N2O2/c15-11-4-1-5-14(11)10-8-13-7-9-3-2-6-16-12(9)10/h9-10,12-13H,1-8H2/t9-,10+,12-/m0/s1. The summed E-state index contributed by atoms with van der Waals surface area (Å²) >= 11 is 0. The number of hydrogen-bond acceptors (Lipinski definition) is 3. The van der Waals surface area contributed by atoms with Crippen molar-refractivity contribution in [1.29, 1.82) is 0 Å². The van der Waals surface area contributed by atoms with Crippen molar-refractivity contribution in [1.82, 2.24) is 10.2 Å². The third kappa shape index (κ3) is 1.74. The van der Waals surface area contributed by atoms with Gasteiger partial charge in [0, 0.05) is 32.7 Å². The topological polar surface area (TPSA) is 41.6 Å². The largest absolute Gasteiger partial charge is 0.376 e. The van der Waals surface area contributed by atoms with Crippen LogP contribution in [0.4, 0.5) is 0 Å². The van der Waals surface area contributed by atoms with Gasteiger partial charge >= 0.3 is 0 Å². The highest BCUT2D eigenvalue weighted by molar-refractivity contribution is 5.78. The van der Waals surface area contributed by atoms with E-state index in [9.17, 15) is 4.79 Å². The molecular formula is C12H20N2O2. The van der Waals surface area contributed by atoms with Crippen molar-refractivity contribution in [2.24, 2.45) is 5.92 Å². The molecule has 0 bridgehead atoms. The molecule has 3 fully saturated rings. The first kappa shape index (κ1) is 10.5. The van der Waals surface area contributed by atoms with Gasteiger partial charge in [0.15, 0.2) is 0 Å². The van der Waals surface area contributed by atoms with Crippen LogP contribution >= 0.6 is 0 Å². The third-order valence-corrected chi connectivity index (χ3v) is 4.14. The maximum Gasteiger partial charge on any atom is 0.223 e. The predicted octanol–water partition coefficient (Wildman–Crippen LogP) is 0.376. The number of carbonyl (C=O) groups excluding carboxylic acids is 1. The van der Waals surface area contributed by atoms with Crippen molar-refractivity contribution in [3.63, 3.8) is 0 Å². The SMILES string of the molecule is O=C1CCCN1[C@@H]1CNC[C@@H]2CCCO[C@@H]21. The summed E-state index contributed by atoms with van der Waals surface area (Å²) in [6.07, 6.45) is 4.46. The number of nitrogens with zero attached hydrogens (tertiary/aromatic N) is 1. The second kappa shape index (κ2) is 4.34. The van der Waals surface area contributed by atoms with Gasteiger partial charge in [-0.15, -0.1) is 0 Å². The Bertz CT molecular complexity index is 280. The van der Waals surface area contributed by atoms with Gasteiger partial charge in [0.05, 0.1) is 12.1 Å². The molecule has 90 valence electrons. The van der Waals surface area contributed by atoms with Gasteiger partial charge in [0.25, 0.3) is 0 Å². The maximum absolute atomic E-state index is 11.8. The molecule has 0 radical (unpaired) electrons. The molecule has 3 heterocycles. The lowest BCUT2D eigenvalue weighted by molar-refractivity contribution is -0.138. The molecule has 3 aliphatic heterocycles. The lowest BCUT2D eigenvalue weighted by Crippen LogP contribution is -2.60. The van der Waals surface area contributed by atoms with Crippen LogP contribution in [0, 0.1) is 5.92 Å². The molecule has 1 N–H and O–H groups in total. The fourth-order valence-corrected chi connectivity index (χ4v) is 3.35. The molecule has 4 heteroatoms. The normalized spacial score (nSPS) is 39.9. The molecule has 0 aliphatic carbocycles. The smallest absolute Gasteiger partial charge is 0.223 e. The van der Waals surface area contributed by atoms with Gasteiger partial charge in [-0.2, -0.15) is 0 Å². The van der Waals surface area contributed by atoms with Crippen LogP contribution in [0.2, 0.25) is 0 Å². The molecule has 0 aromatic heterocycles. The van der Waals surface area contributed by atoms with Gasteiger partial charge in [-0.1, -0.05) is 0 Å². The zero-order valence-electron chi connectivity index (χ0n) is 9.65. The van der Waals surface area contributed by atoms with Crippen molar-refractivity contribution in [2.75, 3.05) is 26.2 Å². The number of nitrogens with one attached hydrogen (secondary N) is 1. The van der Waals surface area contributed by atoms with Crippen molar-refractivity contribution < 1.29 is 9.53 Å². The van der Waals surface area contributed by atoms with Gasteiger partial charge in [-0.25, -0.2) is 0 Å². The van der Waals surface area contributed by atoms with Gasteiger partial charge in [-0.05, 0) is 25.2 Å². The highest BCUT2D eigenvalue weighted by Crippen LogP contribution is 2.29. The summed E-state index contributed by atoms with van der Waals surface area (Å²) in [7, 11) is 0. The van der Waals surface area contributed by atoms with E-state index < -0.39 is 0 Å². The molecule has 0 aromatic carbocycles. The minimum absolute atomic E-state index is 0.286. The van der Waals surface area contributed by atoms with Crippen LogP contribution in [0.3, 0.4) is 0 Å². The Morgan fingerprint density at radius 2 is 2.25 bits per heavy atom. The molecule has 0 unspecified atom stereocenters. The van der Waals surface area contributed by atoms with E-state index in [2.05, 4.69) is 10.2 Å². The van der Waals surface area contributed by atoms with E-state index in [0.29, 0.717) is 11.8 Å². The van der Waals surface area contributed by atoms with E-state index in [1.807, 2.05) is 0 Å². The number of rotatable bonds is 1. The number of piperidine rings is 1. The maximum atomic E-state index is 11.8. The summed E-state index contributed by atoms with van der Waals surface area (Å²) < 4.78 is 5.92. The number of ether oxygens (including phenoxy) is 1. The second-order valence-corrected chi connectivity index (χ2v) is 5.15. The molecule has 3 aliphatic rings. The summed E-state index contributed by atoms with van der Waals surface area (Å²) in [4.78, 5) is 13.8. The van der Waals surface area contributed by atoms with Gasteiger partial charge in [-0.3, -0.25) is 4.79 Å². The summed E-state index contributed by atoms with van der Waals surface area (Å²) in [5.41, 5.74) is 0. The van der Waals surface area contributed by atoms with Crippen LogP contribution in [0.25, 0.3) is 0 Å². The minimum atomic E-state index is 0.286. The quantitative estimate of drug-likeness (QED) is 0.700. The molecule has 1 amide bonds. The Morgan fingerprint density at radius 3 is 3.06 bits per heavy atom. The number of fused-ring (bicyclic) bond motifs is 1. The molecule has 0 spiro atoms. The summed E-state index contributed by atoms with van der Waals surface area (Å²) in [6, 6.07) is 0.286. The fourth-order valence-electron chi connectivity index (χ4n) is 3.35. The number of likely N-dealkylation sites (tertiary alicyclic amines) is 1. The zero-order valence-corrected chi connectivity index (χ0v) is 9.65. The molecule has 3 saturated heterocycles. The van der Waals surface area contributed by atoms with Crippen molar-refractivity contribution in [3.8, 4) is 0 Å². The Hall–Kier alpha value is -0.610. The average Bonchev–Trinajstić information content (AvgIpc) is 2.75. The van der Waals surface area contributed by atoms with Gasteiger partial charge < -0.3 is 15.0 Å². The van der Waals surface area contributed by atoms with Gasteiger partial charge in [0.2, 0.25) is 5.91 Å². The van der Waals surface area contributed by atoms with E-state index in [0.717, 1.165) is 39.1 Å². The van der Waals surface area contributed by atoms with Crippen molar-refractivity contribution in [2.45, 2.75) is 37.8 Å². The zero-order chi connectivity index (χ0) is 11.0. The Kier molecular flexibility index (Phi) is 2.86. The first-order valence-corrected chi connectivity index (χ1v) is 6.48. The second-order valence-electron chi connectivity index (χ2n) is 5.15. The molecule has 16 heavy (non-hydrogen) atoms. The fraction of sp³-hybridized carbons (Fsp3) is 0.917. The predicted molar refractivity (Wildman–Crippen MR) is 60.1 cm³/mol. The van der Waals surface area contributed by atoms with E-state index in [4.69, 9.17) is 4.74 Å². The first-order valence-electron chi connectivity index (χ1n) is 6.48. The number of amides is 1. The number of carbonyl (C=O) groups is 1. The summed E-state index contributed by atoms with van der Waals surface area (Å²) in [6.45, 7) is 3.77. The van der Waals surface area contributed by atoms with E-state index in [-0.39, 0.29) is 12.1 Å². The highest BCUT2D eigenvalue weighted by Gasteiger charge is 2.41. The first-order chi connectivity index (χ1) is 7.86. The van der Waals surface area contributed by atoms with E-state index in [1.54, 1.807) is 0 Å². The minimum Gasteiger partial charge on any atom is -0.376 e. The Morgan fingerprint density at radius 1 is 1.31 bits per heavy atom. The van der Waals surface area contributed by atoms with E-state index in [1.165, 1.54) is 12.8 Å². The third-order valence-electron chi connectivity index (χ3n) is 4.14. The van der Waals surface area contributed by atoms with Crippen molar-refractivity contribution >= 4 is 5.91 Å². The molecular weight excluding hydrogens is 204 g/mol. The molecule has 0 aromatic rings. The average molecular weight is 224 g/mol. The summed E-state index contributed by atoms with van der Waals surface area (Å²) in [5, 5.41) is 3.46. The van der Waals surface area contributed by atoms with Crippen LogP contribution in [0.1, 0.15) is 25.7 Å². The molecule has 0 saturated carbocycles. The lowest BCUT2D eigenvalue weighted by atomic mass is 9.86. The Balaban J connectivity index is 1.74. The monoisotopic (exact) mass is 224 g/mol. The molecule has 4 nitrogen and oxygen atoms in total. The molecule has 3 rings (SSSR count). The van der Waals surface area contributed by atoms with E-state index >= 15 is 0 Å².